The minimum atomic E-state index is -0.606. The molecule has 1 N–H and O–H groups in total. The van der Waals surface area contributed by atoms with Gasteiger partial charge in [0.2, 0.25) is 0 Å². The average Bonchev–Trinajstić information content (AvgIpc) is 2.43. The van der Waals surface area contributed by atoms with Gasteiger partial charge in [0.1, 0.15) is 0 Å². The van der Waals surface area contributed by atoms with Crippen molar-refractivity contribution in [1.82, 2.24) is 0 Å². The van der Waals surface area contributed by atoms with Crippen molar-refractivity contribution in [2.45, 2.75) is 37.9 Å². The van der Waals surface area contributed by atoms with Gasteiger partial charge in [-0.2, -0.15) is 0 Å². The zero-order chi connectivity index (χ0) is 13.6. The SMILES string of the molecule is COC[C@]1(O)CC[C@H](COCc2ccccc2)CC1. The van der Waals surface area contributed by atoms with Gasteiger partial charge in [-0.05, 0) is 37.2 Å². The van der Waals surface area contributed by atoms with Gasteiger partial charge >= 0.3 is 0 Å². The van der Waals surface area contributed by atoms with Gasteiger partial charge in [0.25, 0.3) is 0 Å². The lowest BCUT2D eigenvalue weighted by Gasteiger charge is -2.35. The van der Waals surface area contributed by atoms with Gasteiger partial charge in [0, 0.05) is 13.7 Å². The Balaban J connectivity index is 1.66. The Hall–Kier alpha value is -0.900. The summed E-state index contributed by atoms with van der Waals surface area (Å²) in [4.78, 5) is 0. The van der Waals surface area contributed by atoms with Crippen molar-refractivity contribution in [3.05, 3.63) is 35.9 Å². The lowest BCUT2D eigenvalue weighted by atomic mass is 9.79. The number of ether oxygens (including phenoxy) is 2. The first-order chi connectivity index (χ1) is 9.22. The zero-order valence-corrected chi connectivity index (χ0v) is 11.7. The fourth-order valence-electron chi connectivity index (χ4n) is 2.71. The molecule has 0 atom stereocenters. The molecule has 3 nitrogen and oxygen atoms in total. The average molecular weight is 264 g/mol. The molecule has 0 amide bonds. The third kappa shape index (κ3) is 4.60. The second kappa shape index (κ2) is 7.04. The minimum Gasteiger partial charge on any atom is -0.387 e. The molecule has 0 radical (unpaired) electrons. The molecule has 0 bridgehead atoms. The first kappa shape index (κ1) is 14.5. The Labute approximate surface area is 115 Å². The quantitative estimate of drug-likeness (QED) is 0.858. The van der Waals surface area contributed by atoms with E-state index in [1.54, 1.807) is 7.11 Å². The molecule has 1 aromatic rings. The topological polar surface area (TPSA) is 38.7 Å². The van der Waals surface area contributed by atoms with E-state index in [9.17, 15) is 5.11 Å². The van der Waals surface area contributed by atoms with Crippen LogP contribution in [0.5, 0.6) is 0 Å². The smallest absolute Gasteiger partial charge is 0.0880 e. The predicted octanol–water partition coefficient (Wildman–Crippen LogP) is 2.77. The van der Waals surface area contributed by atoms with Gasteiger partial charge in [-0.1, -0.05) is 30.3 Å². The van der Waals surface area contributed by atoms with E-state index in [-0.39, 0.29) is 0 Å². The molecule has 1 fully saturated rings. The van der Waals surface area contributed by atoms with Gasteiger partial charge in [-0.3, -0.25) is 0 Å². The fraction of sp³-hybridized carbons (Fsp3) is 0.625. The maximum Gasteiger partial charge on any atom is 0.0880 e. The van der Waals surface area contributed by atoms with Crippen LogP contribution in [0.25, 0.3) is 0 Å². The van der Waals surface area contributed by atoms with Crippen molar-refractivity contribution in [2.75, 3.05) is 20.3 Å². The highest BCUT2D eigenvalue weighted by atomic mass is 16.5. The molecule has 1 saturated carbocycles. The highest BCUT2D eigenvalue weighted by Crippen LogP contribution is 2.32. The van der Waals surface area contributed by atoms with E-state index in [2.05, 4.69) is 12.1 Å². The molecule has 2 rings (SSSR count). The molecule has 0 unspecified atom stereocenters. The van der Waals surface area contributed by atoms with E-state index >= 15 is 0 Å². The van der Waals surface area contributed by atoms with Crippen molar-refractivity contribution in [1.29, 1.82) is 0 Å². The summed E-state index contributed by atoms with van der Waals surface area (Å²) in [6.45, 7) is 1.92. The van der Waals surface area contributed by atoms with Crippen LogP contribution in [0.4, 0.5) is 0 Å². The summed E-state index contributed by atoms with van der Waals surface area (Å²) in [6, 6.07) is 10.2. The van der Waals surface area contributed by atoms with E-state index in [0.29, 0.717) is 19.1 Å². The monoisotopic (exact) mass is 264 g/mol. The van der Waals surface area contributed by atoms with Crippen LogP contribution < -0.4 is 0 Å². The van der Waals surface area contributed by atoms with Gasteiger partial charge in [-0.15, -0.1) is 0 Å². The molecule has 0 heterocycles. The highest BCUT2D eigenvalue weighted by Gasteiger charge is 2.33. The number of hydrogen-bond acceptors (Lipinski definition) is 3. The molecular weight excluding hydrogens is 240 g/mol. The van der Waals surface area contributed by atoms with Crippen LogP contribution in [-0.2, 0) is 16.1 Å². The minimum absolute atomic E-state index is 0.449. The maximum atomic E-state index is 10.2. The molecular formula is C16H24O3. The summed E-state index contributed by atoms with van der Waals surface area (Å²) in [5, 5.41) is 10.2. The van der Waals surface area contributed by atoms with Gasteiger partial charge in [-0.25, -0.2) is 0 Å². The normalized spacial score (nSPS) is 27.4. The molecule has 1 aromatic carbocycles. The van der Waals surface area contributed by atoms with Gasteiger partial charge in [0.05, 0.1) is 18.8 Å². The molecule has 0 aromatic heterocycles. The largest absolute Gasteiger partial charge is 0.387 e. The van der Waals surface area contributed by atoms with Crippen LogP contribution in [0.15, 0.2) is 30.3 Å². The number of hydrogen-bond donors (Lipinski definition) is 1. The van der Waals surface area contributed by atoms with Crippen LogP contribution in [0.2, 0.25) is 0 Å². The Bertz CT molecular complexity index is 356. The van der Waals surface area contributed by atoms with Crippen LogP contribution in [0, 0.1) is 5.92 Å². The van der Waals surface area contributed by atoms with Crippen molar-refractivity contribution < 1.29 is 14.6 Å². The summed E-state index contributed by atoms with van der Waals surface area (Å²) in [5.41, 5.74) is 0.610. The van der Waals surface area contributed by atoms with Crippen molar-refractivity contribution in [3.63, 3.8) is 0 Å². The van der Waals surface area contributed by atoms with Crippen molar-refractivity contribution in [3.8, 4) is 0 Å². The molecule has 3 heteroatoms. The van der Waals surface area contributed by atoms with Gasteiger partial charge in [0.15, 0.2) is 0 Å². The molecule has 0 spiro atoms. The van der Waals surface area contributed by atoms with E-state index in [0.717, 1.165) is 32.3 Å². The van der Waals surface area contributed by atoms with Crippen molar-refractivity contribution in [2.24, 2.45) is 5.92 Å². The lowest BCUT2D eigenvalue weighted by molar-refractivity contribution is -0.0716. The second-order valence-corrected chi connectivity index (χ2v) is 5.60. The highest BCUT2D eigenvalue weighted by molar-refractivity contribution is 5.13. The summed E-state index contributed by atoms with van der Waals surface area (Å²) in [5.74, 6) is 0.570. The standard InChI is InChI=1S/C16H24O3/c1-18-13-16(17)9-7-15(8-10-16)12-19-11-14-5-3-2-4-6-14/h2-6,15,17H,7-13H2,1H3/t15-,16-. The Morgan fingerprint density at radius 2 is 1.89 bits per heavy atom. The van der Waals surface area contributed by atoms with E-state index in [1.807, 2.05) is 18.2 Å². The first-order valence-electron chi connectivity index (χ1n) is 7.05. The zero-order valence-electron chi connectivity index (χ0n) is 11.7. The Morgan fingerprint density at radius 3 is 2.53 bits per heavy atom. The summed E-state index contributed by atoms with van der Waals surface area (Å²) >= 11 is 0. The Morgan fingerprint density at radius 1 is 1.21 bits per heavy atom. The van der Waals surface area contributed by atoms with Gasteiger partial charge < -0.3 is 14.6 Å². The fourth-order valence-corrected chi connectivity index (χ4v) is 2.71. The number of benzene rings is 1. The number of aliphatic hydroxyl groups is 1. The summed E-state index contributed by atoms with van der Waals surface area (Å²) in [6.07, 6.45) is 3.68. The molecule has 19 heavy (non-hydrogen) atoms. The molecule has 106 valence electrons. The Kier molecular flexibility index (Phi) is 5.37. The molecule has 0 saturated heterocycles. The third-order valence-electron chi connectivity index (χ3n) is 3.91. The van der Waals surface area contributed by atoms with E-state index in [4.69, 9.17) is 9.47 Å². The van der Waals surface area contributed by atoms with E-state index < -0.39 is 5.60 Å². The van der Waals surface area contributed by atoms with Crippen LogP contribution >= 0.6 is 0 Å². The van der Waals surface area contributed by atoms with Crippen molar-refractivity contribution >= 4 is 0 Å². The lowest BCUT2D eigenvalue weighted by Crippen LogP contribution is -2.39. The third-order valence-corrected chi connectivity index (χ3v) is 3.91. The van der Waals surface area contributed by atoms with Crippen LogP contribution in [0.1, 0.15) is 31.2 Å². The van der Waals surface area contributed by atoms with Crippen LogP contribution in [0.3, 0.4) is 0 Å². The predicted molar refractivity (Wildman–Crippen MR) is 74.9 cm³/mol. The molecule has 1 aliphatic rings. The van der Waals surface area contributed by atoms with E-state index in [1.165, 1.54) is 5.56 Å². The number of methoxy groups -OCH3 is 1. The number of rotatable bonds is 6. The summed E-state index contributed by atoms with van der Waals surface area (Å²) in [7, 11) is 1.65. The van der Waals surface area contributed by atoms with Crippen LogP contribution in [-0.4, -0.2) is 31.0 Å². The molecule has 0 aliphatic heterocycles. The summed E-state index contributed by atoms with van der Waals surface area (Å²) < 4.78 is 10.9. The second-order valence-electron chi connectivity index (χ2n) is 5.60. The molecule has 1 aliphatic carbocycles. The first-order valence-corrected chi connectivity index (χ1v) is 7.05. The maximum absolute atomic E-state index is 10.2.